The van der Waals surface area contributed by atoms with Gasteiger partial charge in [0.1, 0.15) is 5.75 Å². The number of ether oxygens (including phenoxy) is 2. The molecular weight excluding hydrogens is 236 g/mol. The Morgan fingerprint density at radius 3 is 2.42 bits per heavy atom. The number of hydrogen-bond donors (Lipinski definition) is 0. The van der Waals surface area contributed by atoms with Gasteiger partial charge in [0.25, 0.3) is 0 Å². The minimum absolute atomic E-state index is 0.374. The lowest BCUT2D eigenvalue weighted by atomic mass is 9.75. The van der Waals surface area contributed by atoms with E-state index in [9.17, 15) is 0 Å². The maximum atomic E-state index is 5.76. The van der Waals surface area contributed by atoms with Gasteiger partial charge >= 0.3 is 0 Å². The Labute approximate surface area is 117 Å². The zero-order valence-corrected chi connectivity index (χ0v) is 12.4. The van der Waals surface area contributed by atoms with Crippen LogP contribution in [0.3, 0.4) is 0 Å². The molecule has 19 heavy (non-hydrogen) atoms. The summed E-state index contributed by atoms with van der Waals surface area (Å²) in [4.78, 5) is 0. The zero-order chi connectivity index (χ0) is 13.7. The van der Waals surface area contributed by atoms with E-state index in [-0.39, 0.29) is 0 Å². The molecule has 2 heteroatoms. The fourth-order valence-electron chi connectivity index (χ4n) is 3.38. The monoisotopic (exact) mass is 262 g/mol. The summed E-state index contributed by atoms with van der Waals surface area (Å²) in [5.74, 6) is 2.32. The fraction of sp³-hybridized carbons (Fsp3) is 0.647. The van der Waals surface area contributed by atoms with Gasteiger partial charge in [0.05, 0.1) is 13.2 Å². The van der Waals surface area contributed by atoms with Crippen molar-refractivity contribution in [1.29, 1.82) is 0 Å². The number of benzene rings is 1. The maximum Gasteiger partial charge on any atom is 0.118 e. The molecule has 0 spiro atoms. The highest BCUT2D eigenvalue weighted by molar-refractivity contribution is 5.30. The van der Waals surface area contributed by atoms with Crippen LogP contribution in [-0.2, 0) is 4.74 Å². The fourth-order valence-corrected chi connectivity index (χ4v) is 3.38. The van der Waals surface area contributed by atoms with Crippen molar-refractivity contribution in [3.05, 3.63) is 29.8 Å². The molecule has 2 nitrogen and oxygen atoms in total. The van der Waals surface area contributed by atoms with E-state index in [0.29, 0.717) is 12.0 Å². The van der Waals surface area contributed by atoms with Crippen molar-refractivity contribution >= 4 is 0 Å². The van der Waals surface area contributed by atoms with Crippen LogP contribution in [0.25, 0.3) is 0 Å². The van der Waals surface area contributed by atoms with E-state index in [1.54, 1.807) is 7.11 Å². The van der Waals surface area contributed by atoms with Gasteiger partial charge in [-0.2, -0.15) is 0 Å². The molecule has 3 unspecified atom stereocenters. The Kier molecular flexibility index (Phi) is 5.26. The average Bonchev–Trinajstić information content (AvgIpc) is 2.47. The van der Waals surface area contributed by atoms with Crippen molar-refractivity contribution in [2.45, 2.75) is 51.0 Å². The molecule has 2 rings (SSSR count). The third-order valence-electron chi connectivity index (χ3n) is 4.44. The van der Waals surface area contributed by atoms with E-state index in [4.69, 9.17) is 9.47 Å². The molecule has 1 aliphatic carbocycles. The van der Waals surface area contributed by atoms with Crippen molar-refractivity contribution in [3.8, 4) is 5.75 Å². The lowest BCUT2D eigenvalue weighted by molar-refractivity contribution is 0.0307. The second kappa shape index (κ2) is 6.95. The highest BCUT2D eigenvalue weighted by atomic mass is 16.5. The highest BCUT2D eigenvalue weighted by Gasteiger charge is 2.31. The molecule has 106 valence electrons. The number of hydrogen-bond acceptors (Lipinski definition) is 2. The van der Waals surface area contributed by atoms with Gasteiger partial charge in [-0.05, 0) is 42.9 Å². The average molecular weight is 262 g/mol. The summed E-state index contributed by atoms with van der Waals surface area (Å²) in [5.41, 5.74) is 1.39. The minimum atomic E-state index is 0.374. The summed E-state index contributed by atoms with van der Waals surface area (Å²) in [6.07, 6.45) is 6.79. The summed E-state index contributed by atoms with van der Waals surface area (Å²) in [6, 6.07) is 8.49. The van der Waals surface area contributed by atoms with Crippen molar-refractivity contribution in [3.63, 3.8) is 0 Å². The predicted octanol–water partition coefficient (Wildman–Crippen LogP) is 4.39. The Hall–Kier alpha value is -1.02. The lowest BCUT2D eigenvalue weighted by Crippen LogP contribution is -2.29. The van der Waals surface area contributed by atoms with Crippen LogP contribution in [0.2, 0.25) is 0 Å². The molecule has 1 aromatic carbocycles. The van der Waals surface area contributed by atoms with Crippen LogP contribution in [0.15, 0.2) is 24.3 Å². The SMILES string of the molecule is CCCC1CCC(c2ccc(OC)cc2)C(OC)C1. The van der Waals surface area contributed by atoms with Gasteiger partial charge in [-0.25, -0.2) is 0 Å². The van der Waals surface area contributed by atoms with Gasteiger partial charge in [0.2, 0.25) is 0 Å². The molecule has 0 bridgehead atoms. The van der Waals surface area contributed by atoms with Crippen LogP contribution in [-0.4, -0.2) is 20.3 Å². The topological polar surface area (TPSA) is 18.5 Å². The first kappa shape index (κ1) is 14.4. The minimum Gasteiger partial charge on any atom is -0.497 e. The van der Waals surface area contributed by atoms with Crippen molar-refractivity contribution in [2.24, 2.45) is 5.92 Å². The molecule has 0 N–H and O–H groups in total. The molecule has 1 aromatic rings. The molecule has 1 fully saturated rings. The molecule has 1 aliphatic rings. The first-order chi connectivity index (χ1) is 9.28. The first-order valence-corrected chi connectivity index (χ1v) is 7.45. The molecule has 0 saturated heterocycles. The van der Waals surface area contributed by atoms with Crippen LogP contribution in [0.5, 0.6) is 5.75 Å². The van der Waals surface area contributed by atoms with Gasteiger partial charge in [0.15, 0.2) is 0 Å². The summed E-state index contributed by atoms with van der Waals surface area (Å²) >= 11 is 0. The van der Waals surface area contributed by atoms with Gasteiger partial charge < -0.3 is 9.47 Å². The first-order valence-electron chi connectivity index (χ1n) is 7.45. The predicted molar refractivity (Wildman–Crippen MR) is 78.8 cm³/mol. The van der Waals surface area contributed by atoms with E-state index in [0.717, 1.165) is 11.7 Å². The Balaban J connectivity index is 2.06. The number of rotatable bonds is 5. The van der Waals surface area contributed by atoms with Crippen molar-refractivity contribution in [1.82, 2.24) is 0 Å². The second-order valence-electron chi connectivity index (χ2n) is 5.62. The molecule has 0 aliphatic heterocycles. The summed E-state index contributed by atoms with van der Waals surface area (Å²) in [7, 11) is 3.57. The van der Waals surface area contributed by atoms with Crippen LogP contribution < -0.4 is 4.74 Å². The van der Waals surface area contributed by atoms with E-state index in [1.165, 1.54) is 37.7 Å². The molecule has 0 aromatic heterocycles. The maximum absolute atomic E-state index is 5.76. The zero-order valence-electron chi connectivity index (χ0n) is 12.4. The quantitative estimate of drug-likeness (QED) is 0.783. The number of methoxy groups -OCH3 is 2. The standard InChI is InChI=1S/C17H26O2/c1-4-5-13-6-11-16(17(12-13)19-3)14-7-9-15(18-2)10-8-14/h7-10,13,16-17H,4-6,11-12H2,1-3H3. The second-order valence-corrected chi connectivity index (χ2v) is 5.62. The van der Waals surface area contributed by atoms with Crippen molar-refractivity contribution in [2.75, 3.05) is 14.2 Å². The van der Waals surface area contributed by atoms with E-state index in [2.05, 4.69) is 31.2 Å². The van der Waals surface area contributed by atoms with Crippen LogP contribution in [0, 0.1) is 5.92 Å². The van der Waals surface area contributed by atoms with Crippen LogP contribution in [0.4, 0.5) is 0 Å². The summed E-state index contributed by atoms with van der Waals surface area (Å²) in [6.45, 7) is 2.28. The Bertz CT molecular complexity index is 371. The highest BCUT2D eigenvalue weighted by Crippen LogP contribution is 2.39. The third kappa shape index (κ3) is 3.50. The van der Waals surface area contributed by atoms with Crippen LogP contribution >= 0.6 is 0 Å². The van der Waals surface area contributed by atoms with Gasteiger partial charge in [0, 0.05) is 13.0 Å². The Morgan fingerprint density at radius 1 is 1.11 bits per heavy atom. The molecule has 3 atom stereocenters. The van der Waals surface area contributed by atoms with Gasteiger partial charge in [-0.15, -0.1) is 0 Å². The Morgan fingerprint density at radius 2 is 1.84 bits per heavy atom. The largest absolute Gasteiger partial charge is 0.497 e. The molecule has 0 amide bonds. The van der Waals surface area contributed by atoms with Crippen molar-refractivity contribution < 1.29 is 9.47 Å². The van der Waals surface area contributed by atoms with Gasteiger partial charge in [-0.1, -0.05) is 31.9 Å². The van der Waals surface area contributed by atoms with Gasteiger partial charge in [-0.3, -0.25) is 0 Å². The van der Waals surface area contributed by atoms with Crippen LogP contribution in [0.1, 0.15) is 50.5 Å². The summed E-state index contributed by atoms with van der Waals surface area (Å²) < 4.78 is 11.0. The normalized spacial score (nSPS) is 27.2. The summed E-state index contributed by atoms with van der Waals surface area (Å²) in [5, 5.41) is 0. The molecule has 0 heterocycles. The van der Waals surface area contributed by atoms with E-state index in [1.807, 2.05) is 7.11 Å². The van der Waals surface area contributed by atoms with E-state index < -0.39 is 0 Å². The molecule has 0 radical (unpaired) electrons. The third-order valence-corrected chi connectivity index (χ3v) is 4.44. The smallest absolute Gasteiger partial charge is 0.118 e. The molecule has 1 saturated carbocycles. The van der Waals surface area contributed by atoms with E-state index >= 15 is 0 Å². The molecular formula is C17H26O2. The lowest BCUT2D eigenvalue weighted by Gasteiger charge is -2.35.